The summed E-state index contributed by atoms with van der Waals surface area (Å²) in [5.41, 5.74) is 2.83. The van der Waals surface area contributed by atoms with Crippen molar-refractivity contribution in [2.24, 2.45) is 0 Å². The second-order valence-corrected chi connectivity index (χ2v) is 5.38. The van der Waals surface area contributed by atoms with Crippen LogP contribution in [-0.2, 0) is 6.54 Å². The second kappa shape index (κ2) is 6.06. The van der Waals surface area contributed by atoms with Gasteiger partial charge in [-0.2, -0.15) is 0 Å². The highest BCUT2D eigenvalue weighted by Gasteiger charge is 2.18. The molecule has 20 heavy (non-hydrogen) atoms. The van der Waals surface area contributed by atoms with Crippen molar-refractivity contribution < 1.29 is 0 Å². The van der Waals surface area contributed by atoms with Crippen molar-refractivity contribution in [3.05, 3.63) is 59.8 Å². The van der Waals surface area contributed by atoms with Crippen molar-refractivity contribution in [1.82, 2.24) is 9.88 Å². The van der Waals surface area contributed by atoms with Crippen molar-refractivity contribution >= 4 is 5.82 Å². The lowest BCUT2D eigenvalue weighted by Crippen LogP contribution is -2.46. The maximum atomic E-state index is 4.43. The summed E-state index contributed by atoms with van der Waals surface area (Å²) >= 11 is 0. The van der Waals surface area contributed by atoms with Crippen LogP contribution in [0.15, 0.2) is 48.7 Å². The number of anilines is 1. The van der Waals surface area contributed by atoms with Crippen LogP contribution in [0, 0.1) is 6.92 Å². The summed E-state index contributed by atoms with van der Waals surface area (Å²) in [6.45, 7) is 7.57. The van der Waals surface area contributed by atoms with Crippen LogP contribution in [-0.4, -0.2) is 36.1 Å². The summed E-state index contributed by atoms with van der Waals surface area (Å²) in [7, 11) is 0. The van der Waals surface area contributed by atoms with Gasteiger partial charge in [0.25, 0.3) is 0 Å². The van der Waals surface area contributed by atoms with E-state index < -0.39 is 0 Å². The number of pyridine rings is 1. The number of nitrogens with zero attached hydrogens (tertiary/aromatic N) is 3. The largest absolute Gasteiger partial charge is 0.354 e. The molecule has 0 radical (unpaired) electrons. The SMILES string of the molecule is Cc1ccccc1CN1CCN(c2ccccn2)CC1. The van der Waals surface area contributed by atoms with Gasteiger partial charge in [0.2, 0.25) is 0 Å². The predicted octanol–water partition coefficient (Wildman–Crippen LogP) is 2.71. The first-order chi connectivity index (χ1) is 9.83. The van der Waals surface area contributed by atoms with Crippen molar-refractivity contribution in [1.29, 1.82) is 0 Å². The van der Waals surface area contributed by atoms with Crippen LogP contribution in [0.3, 0.4) is 0 Å². The van der Waals surface area contributed by atoms with E-state index in [9.17, 15) is 0 Å². The number of aromatic nitrogens is 1. The van der Waals surface area contributed by atoms with Gasteiger partial charge in [0.1, 0.15) is 5.82 Å². The van der Waals surface area contributed by atoms with E-state index in [0.29, 0.717) is 0 Å². The molecule has 1 fully saturated rings. The molecule has 2 aromatic rings. The quantitative estimate of drug-likeness (QED) is 0.852. The lowest BCUT2D eigenvalue weighted by atomic mass is 10.1. The Morgan fingerprint density at radius 2 is 1.70 bits per heavy atom. The Bertz CT molecular complexity index is 545. The minimum Gasteiger partial charge on any atom is -0.354 e. The standard InChI is InChI=1S/C17H21N3/c1-15-6-2-3-7-16(15)14-19-10-12-20(13-11-19)17-8-4-5-9-18-17/h2-9H,10-14H2,1H3. The summed E-state index contributed by atoms with van der Waals surface area (Å²) < 4.78 is 0. The minimum absolute atomic E-state index is 1.06. The van der Waals surface area contributed by atoms with Crippen LogP contribution in [0.25, 0.3) is 0 Å². The van der Waals surface area contributed by atoms with Gasteiger partial charge in [0.05, 0.1) is 0 Å². The van der Waals surface area contributed by atoms with Crippen LogP contribution < -0.4 is 4.90 Å². The zero-order valence-electron chi connectivity index (χ0n) is 12.0. The van der Waals surface area contributed by atoms with E-state index in [1.807, 2.05) is 12.3 Å². The Morgan fingerprint density at radius 1 is 0.950 bits per heavy atom. The molecule has 3 rings (SSSR count). The van der Waals surface area contributed by atoms with E-state index in [1.165, 1.54) is 11.1 Å². The molecule has 104 valence electrons. The molecule has 3 heteroatoms. The van der Waals surface area contributed by atoms with Crippen LogP contribution in [0.1, 0.15) is 11.1 Å². The fourth-order valence-corrected chi connectivity index (χ4v) is 2.70. The molecule has 0 atom stereocenters. The van der Waals surface area contributed by atoms with E-state index in [0.717, 1.165) is 38.5 Å². The third-order valence-electron chi connectivity index (χ3n) is 4.00. The van der Waals surface area contributed by atoms with Gasteiger partial charge in [-0.15, -0.1) is 0 Å². The Balaban J connectivity index is 1.58. The summed E-state index contributed by atoms with van der Waals surface area (Å²) in [4.78, 5) is 9.33. The number of benzene rings is 1. The van der Waals surface area contributed by atoms with Crippen LogP contribution in [0.2, 0.25) is 0 Å². The van der Waals surface area contributed by atoms with Gasteiger partial charge in [-0.1, -0.05) is 30.3 Å². The summed E-state index contributed by atoms with van der Waals surface area (Å²) in [6.07, 6.45) is 1.87. The maximum Gasteiger partial charge on any atom is 0.128 e. The van der Waals surface area contributed by atoms with Crippen molar-refractivity contribution in [2.75, 3.05) is 31.1 Å². The maximum absolute atomic E-state index is 4.43. The molecule has 1 aliphatic rings. The first-order valence-electron chi connectivity index (χ1n) is 7.26. The molecule has 0 saturated carbocycles. The normalized spacial score (nSPS) is 16.4. The van der Waals surface area contributed by atoms with Crippen LogP contribution >= 0.6 is 0 Å². The molecule has 0 bridgehead atoms. The Hall–Kier alpha value is -1.87. The van der Waals surface area contributed by atoms with E-state index in [2.05, 4.69) is 58.1 Å². The molecular weight excluding hydrogens is 246 g/mol. The Morgan fingerprint density at radius 3 is 2.40 bits per heavy atom. The zero-order chi connectivity index (χ0) is 13.8. The summed E-state index contributed by atoms with van der Waals surface area (Å²) in [6, 6.07) is 14.8. The molecule has 1 saturated heterocycles. The van der Waals surface area contributed by atoms with Gasteiger partial charge in [-0.05, 0) is 30.2 Å². The fraction of sp³-hybridized carbons (Fsp3) is 0.353. The molecule has 2 heterocycles. The van der Waals surface area contributed by atoms with Crippen LogP contribution in [0.4, 0.5) is 5.82 Å². The second-order valence-electron chi connectivity index (χ2n) is 5.38. The number of piperazine rings is 1. The van der Waals surface area contributed by atoms with Gasteiger partial charge in [-0.3, -0.25) is 4.90 Å². The predicted molar refractivity (Wildman–Crippen MR) is 82.9 cm³/mol. The molecular formula is C17H21N3. The Labute approximate surface area is 120 Å². The molecule has 1 aromatic heterocycles. The number of hydrogen-bond acceptors (Lipinski definition) is 3. The van der Waals surface area contributed by atoms with Crippen LogP contribution in [0.5, 0.6) is 0 Å². The lowest BCUT2D eigenvalue weighted by Gasteiger charge is -2.35. The lowest BCUT2D eigenvalue weighted by molar-refractivity contribution is 0.249. The number of aryl methyl sites for hydroxylation is 1. The smallest absolute Gasteiger partial charge is 0.128 e. The minimum atomic E-state index is 1.06. The highest BCUT2D eigenvalue weighted by atomic mass is 15.3. The van der Waals surface area contributed by atoms with E-state index in [4.69, 9.17) is 0 Å². The van der Waals surface area contributed by atoms with Gasteiger partial charge in [0.15, 0.2) is 0 Å². The monoisotopic (exact) mass is 267 g/mol. The van der Waals surface area contributed by atoms with E-state index in [-0.39, 0.29) is 0 Å². The van der Waals surface area contributed by atoms with Crippen molar-refractivity contribution in [2.45, 2.75) is 13.5 Å². The first-order valence-corrected chi connectivity index (χ1v) is 7.26. The molecule has 0 N–H and O–H groups in total. The first kappa shape index (κ1) is 13.1. The number of rotatable bonds is 3. The molecule has 3 nitrogen and oxygen atoms in total. The van der Waals surface area contributed by atoms with E-state index in [1.54, 1.807) is 0 Å². The van der Waals surface area contributed by atoms with Crippen molar-refractivity contribution in [3.63, 3.8) is 0 Å². The molecule has 1 aromatic carbocycles. The third-order valence-corrected chi connectivity index (χ3v) is 4.00. The average Bonchev–Trinajstić information content (AvgIpc) is 2.51. The molecule has 0 spiro atoms. The highest BCUT2D eigenvalue weighted by molar-refractivity contribution is 5.38. The number of hydrogen-bond donors (Lipinski definition) is 0. The summed E-state index contributed by atoms with van der Waals surface area (Å²) in [5, 5.41) is 0. The average molecular weight is 267 g/mol. The van der Waals surface area contributed by atoms with Gasteiger partial charge < -0.3 is 4.90 Å². The van der Waals surface area contributed by atoms with Gasteiger partial charge >= 0.3 is 0 Å². The molecule has 0 amide bonds. The van der Waals surface area contributed by atoms with Gasteiger partial charge in [0, 0.05) is 38.9 Å². The molecule has 0 aliphatic carbocycles. The molecule has 0 unspecified atom stereocenters. The topological polar surface area (TPSA) is 19.4 Å². The highest BCUT2D eigenvalue weighted by Crippen LogP contribution is 2.15. The summed E-state index contributed by atoms with van der Waals surface area (Å²) in [5.74, 6) is 1.10. The van der Waals surface area contributed by atoms with Gasteiger partial charge in [-0.25, -0.2) is 4.98 Å². The zero-order valence-corrected chi connectivity index (χ0v) is 12.0. The third kappa shape index (κ3) is 2.99. The molecule has 1 aliphatic heterocycles. The van der Waals surface area contributed by atoms with E-state index >= 15 is 0 Å². The fourth-order valence-electron chi connectivity index (χ4n) is 2.70. The Kier molecular flexibility index (Phi) is 3.97. The van der Waals surface area contributed by atoms with Crippen molar-refractivity contribution in [3.8, 4) is 0 Å².